The second-order valence-electron chi connectivity index (χ2n) is 4.16. The Morgan fingerprint density at radius 3 is 2.29 bits per heavy atom. The first kappa shape index (κ1) is 12.0. The summed E-state index contributed by atoms with van der Waals surface area (Å²) in [5.41, 5.74) is 0. The van der Waals surface area contributed by atoms with E-state index in [0.29, 0.717) is 6.10 Å². The Balaban J connectivity index is 2.01. The van der Waals surface area contributed by atoms with Crippen LogP contribution in [-0.4, -0.2) is 37.2 Å². The van der Waals surface area contributed by atoms with Gasteiger partial charge in [0.15, 0.2) is 0 Å². The maximum Gasteiger partial charge on any atom is 0.0597 e. The molecule has 0 unspecified atom stereocenters. The van der Waals surface area contributed by atoms with Crippen molar-refractivity contribution in [3.05, 3.63) is 0 Å². The summed E-state index contributed by atoms with van der Waals surface area (Å²) in [6.45, 7) is 8.74. The molecular formula is C12H25NO. The van der Waals surface area contributed by atoms with Crippen LogP contribution in [0.25, 0.3) is 0 Å². The molecule has 2 nitrogen and oxygen atoms in total. The molecule has 0 saturated heterocycles. The second-order valence-corrected chi connectivity index (χ2v) is 4.16. The first-order valence-corrected chi connectivity index (χ1v) is 6.20. The molecule has 0 atom stereocenters. The van der Waals surface area contributed by atoms with Crippen molar-refractivity contribution < 1.29 is 4.74 Å². The molecule has 14 heavy (non-hydrogen) atoms. The zero-order valence-electron chi connectivity index (χ0n) is 9.80. The highest BCUT2D eigenvalue weighted by Crippen LogP contribution is 2.19. The third kappa shape index (κ3) is 4.43. The van der Waals surface area contributed by atoms with Crippen LogP contribution in [0.2, 0.25) is 0 Å². The van der Waals surface area contributed by atoms with E-state index in [2.05, 4.69) is 18.7 Å². The van der Waals surface area contributed by atoms with Crippen molar-refractivity contribution in [1.29, 1.82) is 0 Å². The Hall–Kier alpha value is -0.0800. The van der Waals surface area contributed by atoms with Crippen LogP contribution in [0.4, 0.5) is 0 Å². The van der Waals surface area contributed by atoms with Gasteiger partial charge in [0.2, 0.25) is 0 Å². The van der Waals surface area contributed by atoms with Crippen LogP contribution in [0.3, 0.4) is 0 Å². The summed E-state index contributed by atoms with van der Waals surface area (Å²) in [6.07, 6.45) is 7.30. The van der Waals surface area contributed by atoms with Crippen molar-refractivity contribution in [3.8, 4) is 0 Å². The zero-order valence-corrected chi connectivity index (χ0v) is 9.80. The minimum atomic E-state index is 0.569. The van der Waals surface area contributed by atoms with Crippen LogP contribution in [0.15, 0.2) is 0 Å². The van der Waals surface area contributed by atoms with E-state index in [1.165, 1.54) is 32.1 Å². The minimum Gasteiger partial charge on any atom is -0.377 e. The summed E-state index contributed by atoms with van der Waals surface area (Å²) in [7, 11) is 0. The van der Waals surface area contributed by atoms with Gasteiger partial charge in [-0.25, -0.2) is 0 Å². The molecule has 0 heterocycles. The van der Waals surface area contributed by atoms with Crippen molar-refractivity contribution >= 4 is 0 Å². The van der Waals surface area contributed by atoms with Gasteiger partial charge in [-0.3, -0.25) is 0 Å². The molecule has 1 aliphatic rings. The monoisotopic (exact) mass is 199 g/mol. The van der Waals surface area contributed by atoms with Gasteiger partial charge in [-0.05, 0) is 25.9 Å². The molecule has 0 aliphatic heterocycles. The van der Waals surface area contributed by atoms with E-state index in [9.17, 15) is 0 Å². The normalized spacial score (nSPS) is 19.1. The number of hydrogen-bond donors (Lipinski definition) is 0. The summed E-state index contributed by atoms with van der Waals surface area (Å²) in [4.78, 5) is 2.42. The molecule has 0 radical (unpaired) electrons. The summed E-state index contributed by atoms with van der Waals surface area (Å²) in [6, 6.07) is 0. The van der Waals surface area contributed by atoms with Crippen molar-refractivity contribution in [2.45, 2.75) is 52.1 Å². The summed E-state index contributed by atoms with van der Waals surface area (Å²) >= 11 is 0. The molecule has 0 bridgehead atoms. The second kappa shape index (κ2) is 7.24. The Morgan fingerprint density at radius 1 is 1.07 bits per heavy atom. The van der Waals surface area contributed by atoms with Gasteiger partial charge in [-0.1, -0.05) is 33.1 Å². The van der Waals surface area contributed by atoms with E-state index in [1.54, 1.807) is 0 Å². The molecule has 2 heteroatoms. The van der Waals surface area contributed by atoms with Crippen LogP contribution in [0, 0.1) is 0 Å². The maximum atomic E-state index is 5.88. The molecule has 1 saturated carbocycles. The van der Waals surface area contributed by atoms with Crippen LogP contribution in [-0.2, 0) is 4.74 Å². The van der Waals surface area contributed by atoms with Crippen LogP contribution >= 0.6 is 0 Å². The summed E-state index contributed by atoms with van der Waals surface area (Å²) < 4.78 is 5.88. The Labute approximate surface area is 88.6 Å². The average Bonchev–Trinajstić information content (AvgIpc) is 2.26. The average molecular weight is 199 g/mol. The third-order valence-electron chi connectivity index (χ3n) is 3.21. The summed E-state index contributed by atoms with van der Waals surface area (Å²) in [5, 5.41) is 0. The van der Waals surface area contributed by atoms with Gasteiger partial charge < -0.3 is 9.64 Å². The highest BCUT2D eigenvalue weighted by atomic mass is 16.5. The predicted octanol–water partition coefficient (Wildman–Crippen LogP) is 2.68. The molecule has 0 N–H and O–H groups in total. The number of ether oxygens (including phenoxy) is 1. The van der Waals surface area contributed by atoms with Crippen LogP contribution in [0.5, 0.6) is 0 Å². The van der Waals surface area contributed by atoms with Gasteiger partial charge in [0.05, 0.1) is 12.7 Å². The largest absolute Gasteiger partial charge is 0.377 e. The lowest BCUT2D eigenvalue weighted by Crippen LogP contribution is -2.29. The topological polar surface area (TPSA) is 12.5 Å². The quantitative estimate of drug-likeness (QED) is 0.652. The van der Waals surface area contributed by atoms with Crippen molar-refractivity contribution in [3.63, 3.8) is 0 Å². The van der Waals surface area contributed by atoms with E-state index in [1.807, 2.05) is 0 Å². The Bertz CT molecular complexity index is 128. The van der Waals surface area contributed by atoms with Crippen molar-refractivity contribution in [1.82, 2.24) is 4.90 Å². The first-order chi connectivity index (χ1) is 6.86. The van der Waals surface area contributed by atoms with Gasteiger partial charge in [0, 0.05) is 6.54 Å². The smallest absolute Gasteiger partial charge is 0.0597 e. The van der Waals surface area contributed by atoms with Gasteiger partial charge in [0.1, 0.15) is 0 Å². The van der Waals surface area contributed by atoms with E-state index >= 15 is 0 Å². The van der Waals surface area contributed by atoms with Gasteiger partial charge in [-0.2, -0.15) is 0 Å². The van der Waals surface area contributed by atoms with Crippen LogP contribution < -0.4 is 0 Å². The van der Waals surface area contributed by atoms with Gasteiger partial charge in [0.25, 0.3) is 0 Å². The molecule has 0 aromatic heterocycles. The molecule has 0 aromatic carbocycles. The summed E-state index contributed by atoms with van der Waals surface area (Å²) in [5.74, 6) is 0. The van der Waals surface area contributed by atoms with Gasteiger partial charge >= 0.3 is 0 Å². The van der Waals surface area contributed by atoms with Crippen LogP contribution in [0.1, 0.15) is 46.0 Å². The fourth-order valence-corrected chi connectivity index (χ4v) is 2.12. The highest BCUT2D eigenvalue weighted by molar-refractivity contribution is 4.65. The molecule has 0 spiro atoms. The predicted molar refractivity (Wildman–Crippen MR) is 60.6 cm³/mol. The van der Waals surface area contributed by atoms with E-state index in [-0.39, 0.29) is 0 Å². The zero-order chi connectivity index (χ0) is 10.2. The van der Waals surface area contributed by atoms with Gasteiger partial charge in [-0.15, -0.1) is 0 Å². The van der Waals surface area contributed by atoms with Crippen molar-refractivity contribution in [2.75, 3.05) is 26.2 Å². The molecule has 1 aliphatic carbocycles. The molecule has 1 rings (SSSR count). The lowest BCUT2D eigenvalue weighted by molar-refractivity contribution is 0.0173. The molecule has 84 valence electrons. The van der Waals surface area contributed by atoms with E-state index in [0.717, 1.165) is 26.2 Å². The first-order valence-electron chi connectivity index (χ1n) is 6.20. The Morgan fingerprint density at radius 2 is 1.71 bits per heavy atom. The fraction of sp³-hybridized carbons (Fsp3) is 1.00. The third-order valence-corrected chi connectivity index (χ3v) is 3.21. The number of nitrogens with zero attached hydrogens (tertiary/aromatic N) is 1. The fourth-order valence-electron chi connectivity index (χ4n) is 2.12. The molecule has 0 aromatic rings. The minimum absolute atomic E-state index is 0.569. The number of likely N-dealkylation sites (N-methyl/N-ethyl adjacent to an activating group) is 1. The van der Waals surface area contributed by atoms with E-state index in [4.69, 9.17) is 4.74 Å². The number of hydrogen-bond acceptors (Lipinski definition) is 2. The molecular weight excluding hydrogens is 174 g/mol. The highest BCUT2D eigenvalue weighted by Gasteiger charge is 2.13. The standard InChI is InChI=1S/C12H25NO/c1-3-13(4-2)10-11-14-12-8-6-5-7-9-12/h12H,3-11H2,1-2H3. The Kier molecular flexibility index (Phi) is 6.20. The molecule has 1 fully saturated rings. The lowest BCUT2D eigenvalue weighted by Gasteiger charge is -2.24. The number of rotatable bonds is 6. The van der Waals surface area contributed by atoms with Crippen molar-refractivity contribution in [2.24, 2.45) is 0 Å². The van der Waals surface area contributed by atoms with E-state index < -0.39 is 0 Å². The maximum absolute atomic E-state index is 5.88. The lowest BCUT2D eigenvalue weighted by atomic mass is 9.98. The SMILES string of the molecule is CCN(CC)CCOC1CCCCC1. The molecule has 0 amide bonds.